The smallest absolute Gasteiger partial charge is 0.265 e. The second-order valence-corrected chi connectivity index (χ2v) is 7.09. The molecule has 0 bridgehead atoms. The molecular weight excluding hydrogens is 278 g/mol. The molecule has 3 heteroatoms. The topological polar surface area (TPSA) is 20.3 Å². The molecule has 1 amide bonds. The molecular formula is C18H14NOS+. The van der Waals surface area contributed by atoms with Crippen molar-refractivity contribution in [1.82, 2.24) is 4.31 Å². The van der Waals surface area contributed by atoms with Gasteiger partial charge in [-0.2, -0.15) is 0 Å². The van der Waals surface area contributed by atoms with Gasteiger partial charge in [0.25, 0.3) is 5.91 Å². The number of carbonyl (C=O) groups excluding carboxylic acids is 1. The molecule has 0 aromatic heterocycles. The standard InChI is InChI=1S/C18H14NOS/c1-19-18(20)15-11-5-7-13-8-6-12-16(17(13)15)21(19)14-9-3-2-4-10-14/h2-12H,1H3/q+1. The van der Waals surface area contributed by atoms with Crippen molar-refractivity contribution in [1.29, 1.82) is 0 Å². The first-order valence-corrected chi connectivity index (χ1v) is 8.05. The average molecular weight is 292 g/mol. The summed E-state index contributed by atoms with van der Waals surface area (Å²) in [6.45, 7) is 0. The SMILES string of the molecule is CN1C(=O)c2cccc3cccc(c23)[S+]1c1ccccc1. The Morgan fingerprint density at radius 1 is 0.857 bits per heavy atom. The van der Waals surface area contributed by atoms with Crippen LogP contribution in [0.5, 0.6) is 0 Å². The number of nitrogens with zero attached hydrogens (tertiary/aromatic N) is 1. The lowest BCUT2D eigenvalue weighted by molar-refractivity contribution is 0.0888. The van der Waals surface area contributed by atoms with E-state index < -0.39 is 0 Å². The number of carbonyl (C=O) groups is 1. The van der Waals surface area contributed by atoms with Gasteiger partial charge >= 0.3 is 0 Å². The van der Waals surface area contributed by atoms with Crippen molar-refractivity contribution >= 4 is 27.8 Å². The monoisotopic (exact) mass is 292 g/mol. The fraction of sp³-hybridized carbons (Fsp3) is 0.0556. The molecule has 1 unspecified atom stereocenters. The van der Waals surface area contributed by atoms with E-state index in [0.717, 1.165) is 16.3 Å². The summed E-state index contributed by atoms with van der Waals surface area (Å²) >= 11 is -0.347. The van der Waals surface area contributed by atoms with Crippen molar-refractivity contribution in [3.8, 4) is 0 Å². The van der Waals surface area contributed by atoms with E-state index in [-0.39, 0.29) is 17.0 Å². The minimum Gasteiger partial charge on any atom is -0.265 e. The zero-order valence-corrected chi connectivity index (χ0v) is 12.4. The lowest BCUT2D eigenvalue weighted by atomic mass is 10.0. The summed E-state index contributed by atoms with van der Waals surface area (Å²) in [5.41, 5.74) is 0.810. The van der Waals surface area contributed by atoms with Gasteiger partial charge in [0.05, 0.1) is 18.0 Å². The van der Waals surface area contributed by atoms with E-state index in [0.29, 0.717) is 0 Å². The first kappa shape index (κ1) is 12.5. The van der Waals surface area contributed by atoms with Crippen molar-refractivity contribution in [3.05, 3.63) is 72.3 Å². The van der Waals surface area contributed by atoms with Crippen LogP contribution < -0.4 is 0 Å². The Hall–Kier alpha value is -2.26. The molecule has 1 aliphatic heterocycles. The molecule has 1 aliphatic rings. The minimum absolute atomic E-state index is 0.103. The molecule has 0 saturated heterocycles. The lowest BCUT2D eigenvalue weighted by Crippen LogP contribution is -2.37. The third-order valence-corrected chi connectivity index (χ3v) is 6.02. The zero-order chi connectivity index (χ0) is 14.4. The predicted octanol–water partition coefficient (Wildman–Crippen LogP) is 3.88. The lowest BCUT2D eigenvalue weighted by Gasteiger charge is -2.24. The van der Waals surface area contributed by atoms with Gasteiger partial charge in [-0.3, -0.25) is 4.79 Å². The summed E-state index contributed by atoms with van der Waals surface area (Å²) in [5.74, 6) is 0.103. The molecule has 1 heterocycles. The van der Waals surface area contributed by atoms with Crippen LogP contribution >= 0.6 is 0 Å². The van der Waals surface area contributed by atoms with Crippen LogP contribution in [-0.2, 0) is 11.1 Å². The van der Waals surface area contributed by atoms with Crippen molar-refractivity contribution in [2.45, 2.75) is 9.79 Å². The Morgan fingerprint density at radius 2 is 1.57 bits per heavy atom. The first-order valence-electron chi connectivity index (χ1n) is 6.86. The van der Waals surface area contributed by atoms with E-state index in [1.165, 1.54) is 9.79 Å². The number of hydrogen-bond donors (Lipinski definition) is 0. The highest BCUT2D eigenvalue weighted by Crippen LogP contribution is 2.38. The van der Waals surface area contributed by atoms with Crippen LogP contribution in [0.2, 0.25) is 0 Å². The summed E-state index contributed by atoms with van der Waals surface area (Å²) in [6, 6.07) is 22.5. The molecule has 0 radical (unpaired) electrons. The van der Waals surface area contributed by atoms with E-state index in [4.69, 9.17) is 0 Å². The Labute approximate surface area is 126 Å². The van der Waals surface area contributed by atoms with Crippen LogP contribution in [0, 0.1) is 0 Å². The molecule has 1 atom stereocenters. The van der Waals surface area contributed by atoms with E-state index in [2.05, 4.69) is 36.4 Å². The summed E-state index contributed by atoms with van der Waals surface area (Å²) in [4.78, 5) is 15.1. The molecule has 21 heavy (non-hydrogen) atoms. The van der Waals surface area contributed by atoms with Gasteiger partial charge in [0.2, 0.25) is 0 Å². The van der Waals surface area contributed by atoms with Crippen LogP contribution in [0.15, 0.2) is 76.5 Å². The molecule has 2 nitrogen and oxygen atoms in total. The van der Waals surface area contributed by atoms with Gasteiger partial charge < -0.3 is 0 Å². The number of rotatable bonds is 1. The number of amides is 1. The Balaban J connectivity index is 2.07. The minimum atomic E-state index is -0.347. The molecule has 0 aliphatic carbocycles. The Kier molecular flexibility index (Phi) is 2.76. The van der Waals surface area contributed by atoms with Gasteiger partial charge in [-0.1, -0.05) is 42.5 Å². The van der Waals surface area contributed by atoms with Gasteiger partial charge in [-0.05, 0) is 29.7 Å². The van der Waals surface area contributed by atoms with Gasteiger partial charge in [-0.25, -0.2) is 0 Å². The van der Waals surface area contributed by atoms with Gasteiger partial charge in [0.15, 0.2) is 20.9 Å². The summed E-state index contributed by atoms with van der Waals surface area (Å²) < 4.78 is 1.87. The maximum absolute atomic E-state index is 12.7. The van der Waals surface area contributed by atoms with Gasteiger partial charge in [-0.15, -0.1) is 4.31 Å². The first-order chi connectivity index (χ1) is 10.3. The summed E-state index contributed by atoms with van der Waals surface area (Å²) in [7, 11) is 1.90. The predicted molar refractivity (Wildman–Crippen MR) is 86.4 cm³/mol. The van der Waals surface area contributed by atoms with E-state index >= 15 is 0 Å². The highest BCUT2D eigenvalue weighted by Gasteiger charge is 2.42. The maximum atomic E-state index is 12.7. The third-order valence-electron chi connectivity index (χ3n) is 3.83. The molecule has 0 N–H and O–H groups in total. The molecule has 0 saturated carbocycles. The second kappa shape index (κ2) is 4.64. The van der Waals surface area contributed by atoms with Gasteiger partial charge in [0.1, 0.15) is 0 Å². The fourth-order valence-electron chi connectivity index (χ4n) is 2.88. The summed E-state index contributed by atoms with van der Waals surface area (Å²) in [5, 5.41) is 2.25. The molecule has 3 aromatic carbocycles. The fourth-order valence-corrected chi connectivity index (χ4v) is 5.05. The van der Waals surface area contributed by atoms with Crippen LogP contribution in [0.1, 0.15) is 10.4 Å². The van der Waals surface area contributed by atoms with Gasteiger partial charge in [0, 0.05) is 0 Å². The quantitative estimate of drug-likeness (QED) is 0.623. The Morgan fingerprint density at radius 3 is 2.33 bits per heavy atom. The zero-order valence-electron chi connectivity index (χ0n) is 11.6. The van der Waals surface area contributed by atoms with Crippen LogP contribution in [-0.4, -0.2) is 17.3 Å². The third kappa shape index (κ3) is 1.78. The number of benzene rings is 3. The molecule has 0 fully saturated rings. The van der Waals surface area contributed by atoms with Crippen LogP contribution in [0.4, 0.5) is 0 Å². The van der Waals surface area contributed by atoms with Crippen molar-refractivity contribution in [2.75, 3.05) is 7.05 Å². The largest absolute Gasteiger partial charge is 0.296 e. The molecule has 102 valence electrons. The molecule has 4 rings (SSSR count). The van der Waals surface area contributed by atoms with Crippen molar-refractivity contribution in [2.24, 2.45) is 0 Å². The highest BCUT2D eigenvalue weighted by molar-refractivity contribution is 7.95. The van der Waals surface area contributed by atoms with E-state index in [1.54, 1.807) is 0 Å². The molecule has 3 aromatic rings. The van der Waals surface area contributed by atoms with E-state index in [9.17, 15) is 4.79 Å². The van der Waals surface area contributed by atoms with Crippen molar-refractivity contribution in [3.63, 3.8) is 0 Å². The van der Waals surface area contributed by atoms with Crippen LogP contribution in [0.3, 0.4) is 0 Å². The Bertz CT molecular complexity index is 839. The maximum Gasteiger partial charge on any atom is 0.296 e. The normalized spacial score (nSPS) is 17.3. The summed E-state index contributed by atoms with van der Waals surface area (Å²) in [6.07, 6.45) is 0. The van der Waals surface area contributed by atoms with Crippen molar-refractivity contribution < 1.29 is 4.79 Å². The van der Waals surface area contributed by atoms with E-state index in [1.807, 2.05) is 41.7 Å². The molecule has 0 spiro atoms. The highest BCUT2D eigenvalue weighted by atomic mass is 32.2. The number of hydrogen-bond acceptors (Lipinski definition) is 1. The average Bonchev–Trinajstić information content (AvgIpc) is 2.54. The van der Waals surface area contributed by atoms with Crippen LogP contribution in [0.25, 0.3) is 10.8 Å². The second-order valence-electron chi connectivity index (χ2n) is 5.06.